The Morgan fingerprint density at radius 2 is 1.85 bits per heavy atom. The number of hydrogen-bond acceptors (Lipinski definition) is 3. The molecule has 2 aromatic rings. The van der Waals surface area contributed by atoms with Crippen molar-refractivity contribution in [3.05, 3.63) is 65.2 Å². The number of amides is 2. The lowest BCUT2D eigenvalue weighted by Crippen LogP contribution is -2.28. The minimum absolute atomic E-state index is 0.0506. The lowest BCUT2D eigenvalue weighted by molar-refractivity contribution is -0.128. The van der Waals surface area contributed by atoms with Gasteiger partial charge in [-0.25, -0.2) is 0 Å². The number of benzene rings is 2. The van der Waals surface area contributed by atoms with Crippen molar-refractivity contribution in [1.82, 2.24) is 10.2 Å². The van der Waals surface area contributed by atoms with E-state index in [0.29, 0.717) is 18.5 Å². The molecule has 1 atom stereocenters. The minimum Gasteiger partial charge on any atom is -0.497 e. The lowest BCUT2D eigenvalue weighted by atomic mass is 10.0. The summed E-state index contributed by atoms with van der Waals surface area (Å²) in [5.74, 6) is 0.913. The van der Waals surface area contributed by atoms with E-state index in [1.54, 1.807) is 7.11 Å². The van der Waals surface area contributed by atoms with Crippen LogP contribution in [0, 0.1) is 0 Å². The second-order valence-corrected chi connectivity index (χ2v) is 6.82. The highest BCUT2D eigenvalue weighted by atomic mass is 16.5. The first-order valence-corrected chi connectivity index (χ1v) is 9.42. The summed E-state index contributed by atoms with van der Waals surface area (Å²) in [6, 6.07) is 15.2. The standard InChI is InChI=1S/C22H26N2O3/c1-3-20(17-10-12-19(27-2)13-11-17)23-22(26)18-8-6-16(7-9-18)15-24-14-4-5-21(24)25/h6-13,20H,3-5,14-15H2,1-2H3,(H,23,26)/t20-/m1/s1. The highest BCUT2D eigenvalue weighted by Gasteiger charge is 2.20. The van der Waals surface area contributed by atoms with Gasteiger partial charge in [-0.3, -0.25) is 9.59 Å². The summed E-state index contributed by atoms with van der Waals surface area (Å²) in [5.41, 5.74) is 2.72. The topological polar surface area (TPSA) is 58.6 Å². The highest BCUT2D eigenvalue weighted by molar-refractivity contribution is 5.94. The van der Waals surface area contributed by atoms with E-state index in [4.69, 9.17) is 4.74 Å². The largest absolute Gasteiger partial charge is 0.497 e. The van der Waals surface area contributed by atoms with E-state index >= 15 is 0 Å². The van der Waals surface area contributed by atoms with Crippen LogP contribution in [0.1, 0.15) is 53.7 Å². The summed E-state index contributed by atoms with van der Waals surface area (Å²) in [4.78, 5) is 26.2. The smallest absolute Gasteiger partial charge is 0.251 e. The Morgan fingerprint density at radius 1 is 1.15 bits per heavy atom. The van der Waals surface area contributed by atoms with Gasteiger partial charge in [0.15, 0.2) is 0 Å². The molecular weight excluding hydrogens is 340 g/mol. The van der Waals surface area contributed by atoms with Crippen molar-refractivity contribution >= 4 is 11.8 Å². The lowest BCUT2D eigenvalue weighted by Gasteiger charge is -2.18. The molecule has 0 radical (unpaired) electrons. The summed E-state index contributed by atoms with van der Waals surface area (Å²) in [7, 11) is 1.64. The molecule has 0 aliphatic carbocycles. The number of nitrogens with zero attached hydrogens (tertiary/aromatic N) is 1. The van der Waals surface area contributed by atoms with Gasteiger partial charge in [0.25, 0.3) is 5.91 Å². The summed E-state index contributed by atoms with van der Waals surface area (Å²) in [5, 5.41) is 3.09. The number of carbonyl (C=O) groups excluding carboxylic acids is 2. The van der Waals surface area contributed by atoms with Gasteiger partial charge in [-0.15, -0.1) is 0 Å². The molecule has 3 rings (SSSR count). The van der Waals surface area contributed by atoms with Crippen LogP contribution in [0.4, 0.5) is 0 Å². The summed E-state index contributed by atoms with van der Waals surface area (Å²) in [6.45, 7) is 3.48. The van der Waals surface area contributed by atoms with Gasteiger partial charge >= 0.3 is 0 Å². The Morgan fingerprint density at radius 3 is 2.41 bits per heavy atom. The van der Waals surface area contributed by atoms with E-state index in [1.807, 2.05) is 60.4 Å². The van der Waals surface area contributed by atoms with Gasteiger partial charge in [0.05, 0.1) is 13.2 Å². The maximum Gasteiger partial charge on any atom is 0.251 e. The average molecular weight is 366 g/mol. The van der Waals surface area contributed by atoms with Gasteiger partial charge in [-0.1, -0.05) is 31.2 Å². The van der Waals surface area contributed by atoms with Gasteiger partial charge in [-0.05, 0) is 48.2 Å². The molecule has 2 aromatic carbocycles. The molecule has 2 amide bonds. The van der Waals surface area contributed by atoms with E-state index in [2.05, 4.69) is 5.32 Å². The second-order valence-electron chi connectivity index (χ2n) is 6.82. The van der Waals surface area contributed by atoms with Crippen molar-refractivity contribution in [3.63, 3.8) is 0 Å². The van der Waals surface area contributed by atoms with Gasteiger partial charge < -0.3 is 15.0 Å². The zero-order valence-corrected chi connectivity index (χ0v) is 15.9. The maximum atomic E-state index is 12.6. The van der Waals surface area contributed by atoms with Crippen molar-refractivity contribution in [2.75, 3.05) is 13.7 Å². The van der Waals surface area contributed by atoms with E-state index in [0.717, 1.165) is 36.3 Å². The van der Waals surface area contributed by atoms with E-state index in [-0.39, 0.29) is 17.9 Å². The SMILES string of the molecule is CC[C@@H](NC(=O)c1ccc(CN2CCCC2=O)cc1)c1ccc(OC)cc1. The van der Waals surface area contributed by atoms with Crippen molar-refractivity contribution < 1.29 is 14.3 Å². The van der Waals surface area contributed by atoms with Crippen LogP contribution < -0.4 is 10.1 Å². The van der Waals surface area contributed by atoms with Crippen molar-refractivity contribution in [1.29, 1.82) is 0 Å². The zero-order valence-electron chi connectivity index (χ0n) is 15.9. The molecule has 1 N–H and O–H groups in total. The first-order valence-electron chi connectivity index (χ1n) is 9.42. The van der Waals surface area contributed by atoms with Gasteiger partial charge in [-0.2, -0.15) is 0 Å². The second kappa shape index (κ2) is 8.71. The first kappa shape index (κ1) is 19.0. The normalized spacial score (nSPS) is 14.9. The number of likely N-dealkylation sites (tertiary alicyclic amines) is 1. The van der Waals surface area contributed by atoms with E-state index in [1.165, 1.54) is 0 Å². The number of hydrogen-bond donors (Lipinski definition) is 1. The molecule has 1 aliphatic heterocycles. The summed E-state index contributed by atoms with van der Waals surface area (Å²) >= 11 is 0. The zero-order chi connectivity index (χ0) is 19.2. The quantitative estimate of drug-likeness (QED) is 0.813. The minimum atomic E-state index is -0.0959. The van der Waals surface area contributed by atoms with Crippen molar-refractivity contribution in [3.8, 4) is 5.75 Å². The van der Waals surface area contributed by atoms with Crippen LogP contribution >= 0.6 is 0 Å². The van der Waals surface area contributed by atoms with Crippen LogP contribution in [0.2, 0.25) is 0 Å². The van der Waals surface area contributed by atoms with E-state index < -0.39 is 0 Å². The third kappa shape index (κ3) is 4.67. The molecule has 142 valence electrons. The van der Waals surface area contributed by atoms with Crippen LogP contribution in [-0.4, -0.2) is 30.4 Å². The summed E-state index contributed by atoms with van der Waals surface area (Å²) < 4.78 is 5.19. The first-order chi connectivity index (χ1) is 13.1. The molecule has 1 fully saturated rings. The summed E-state index contributed by atoms with van der Waals surface area (Å²) in [6.07, 6.45) is 2.38. The molecule has 1 saturated heterocycles. The monoisotopic (exact) mass is 366 g/mol. The van der Waals surface area contributed by atoms with Gasteiger partial charge in [0.2, 0.25) is 5.91 Å². The average Bonchev–Trinajstić information content (AvgIpc) is 3.11. The Kier molecular flexibility index (Phi) is 6.12. The van der Waals surface area contributed by atoms with Crippen LogP contribution in [0.15, 0.2) is 48.5 Å². The van der Waals surface area contributed by atoms with E-state index in [9.17, 15) is 9.59 Å². The van der Waals surface area contributed by atoms with Crippen molar-refractivity contribution in [2.24, 2.45) is 0 Å². The Balaban J connectivity index is 1.62. The van der Waals surface area contributed by atoms with Crippen LogP contribution in [0.25, 0.3) is 0 Å². The molecule has 5 heteroatoms. The number of ether oxygens (including phenoxy) is 1. The third-order valence-electron chi connectivity index (χ3n) is 4.99. The molecule has 0 unspecified atom stereocenters. The number of rotatable bonds is 7. The Labute approximate surface area is 160 Å². The predicted molar refractivity (Wildman–Crippen MR) is 105 cm³/mol. The molecule has 0 bridgehead atoms. The highest BCUT2D eigenvalue weighted by Crippen LogP contribution is 2.21. The number of nitrogens with one attached hydrogen (secondary N) is 1. The van der Waals surface area contributed by atoms with Gasteiger partial charge in [0.1, 0.15) is 5.75 Å². The fourth-order valence-electron chi connectivity index (χ4n) is 3.35. The van der Waals surface area contributed by atoms with Crippen LogP contribution in [0.5, 0.6) is 5.75 Å². The van der Waals surface area contributed by atoms with Gasteiger partial charge in [0, 0.05) is 25.1 Å². The Hall–Kier alpha value is -2.82. The fourth-order valence-corrected chi connectivity index (χ4v) is 3.35. The molecule has 1 aliphatic rings. The van der Waals surface area contributed by atoms with Crippen LogP contribution in [0.3, 0.4) is 0 Å². The molecule has 27 heavy (non-hydrogen) atoms. The fraction of sp³-hybridized carbons (Fsp3) is 0.364. The molecule has 0 aromatic heterocycles. The third-order valence-corrected chi connectivity index (χ3v) is 4.99. The van der Waals surface area contributed by atoms with Crippen LogP contribution in [-0.2, 0) is 11.3 Å². The molecule has 5 nitrogen and oxygen atoms in total. The maximum absolute atomic E-state index is 12.6. The van der Waals surface area contributed by atoms with Crippen molar-refractivity contribution in [2.45, 2.75) is 38.8 Å². The predicted octanol–water partition coefficient (Wildman–Crippen LogP) is 3.70. The molecular formula is C22H26N2O3. The number of methoxy groups -OCH3 is 1. The molecule has 1 heterocycles. The molecule has 0 saturated carbocycles. The molecule has 0 spiro atoms. The number of carbonyl (C=O) groups is 2. The Bertz CT molecular complexity index is 784.